The minimum atomic E-state index is 1.12. The van der Waals surface area contributed by atoms with E-state index in [1.165, 1.54) is 11.1 Å². The summed E-state index contributed by atoms with van der Waals surface area (Å²) in [6.45, 7) is 4.21. The maximum atomic E-state index is 3.01. The first-order valence-electron chi connectivity index (χ1n) is 3.65. The fourth-order valence-corrected chi connectivity index (χ4v) is 1.19. The lowest BCUT2D eigenvalue weighted by Crippen LogP contribution is -2.19. The van der Waals surface area contributed by atoms with Gasteiger partial charge < -0.3 is 10.9 Å². The van der Waals surface area contributed by atoms with Crippen LogP contribution >= 0.6 is 0 Å². The van der Waals surface area contributed by atoms with Crippen LogP contribution in [0.15, 0.2) is 12.1 Å². The van der Waals surface area contributed by atoms with Gasteiger partial charge in [0.25, 0.3) is 0 Å². The van der Waals surface area contributed by atoms with Crippen molar-refractivity contribution in [3.05, 3.63) is 23.3 Å². The number of hydrogen-bond donors (Lipinski definition) is 3. The molecule has 1 aliphatic rings. The third-order valence-electron chi connectivity index (χ3n) is 2.03. The molecule has 1 aromatic rings. The monoisotopic (exact) mass is 149 g/mol. The molecule has 0 amide bonds. The molecule has 3 heteroatoms. The quantitative estimate of drug-likeness (QED) is 0.524. The largest absolute Gasteiger partial charge is 0.302 e. The lowest BCUT2D eigenvalue weighted by atomic mass is 10.1. The van der Waals surface area contributed by atoms with Crippen molar-refractivity contribution in [3.8, 4) is 0 Å². The van der Waals surface area contributed by atoms with Crippen molar-refractivity contribution >= 4 is 11.4 Å². The maximum absolute atomic E-state index is 3.01. The van der Waals surface area contributed by atoms with Crippen LogP contribution in [-0.4, -0.2) is 0 Å². The fraction of sp³-hybridized carbons (Fsp3) is 0.250. The maximum Gasteiger partial charge on any atom is 0.0753 e. The number of benzene rings is 1. The zero-order valence-corrected chi connectivity index (χ0v) is 6.65. The van der Waals surface area contributed by atoms with Gasteiger partial charge in [0.15, 0.2) is 0 Å². The topological polar surface area (TPSA) is 36.1 Å². The Bertz CT molecular complexity index is 265. The van der Waals surface area contributed by atoms with Gasteiger partial charge in [-0.1, -0.05) is 0 Å². The van der Waals surface area contributed by atoms with Gasteiger partial charge in [0.2, 0.25) is 0 Å². The minimum absolute atomic E-state index is 1.12. The van der Waals surface area contributed by atoms with Crippen LogP contribution in [0.25, 0.3) is 0 Å². The van der Waals surface area contributed by atoms with Gasteiger partial charge in [0.1, 0.15) is 0 Å². The Hall–Kier alpha value is -1.22. The Labute approximate surface area is 65.7 Å². The van der Waals surface area contributed by atoms with E-state index < -0.39 is 0 Å². The summed E-state index contributed by atoms with van der Waals surface area (Å²) >= 11 is 0. The van der Waals surface area contributed by atoms with E-state index in [-0.39, 0.29) is 0 Å². The van der Waals surface area contributed by atoms with Crippen molar-refractivity contribution < 1.29 is 0 Å². The number of anilines is 2. The summed E-state index contributed by atoms with van der Waals surface area (Å²) in [5, 5.41) is 0. The summed E-state index contributed by atoms with van der Waals surface area (Å²) in [5.41, 5.74) is 13.7. The summed E-state index contributed by atoms with van der Waals surface area (Å²) < 4.78 is 0. The molecule has 3 N–H and O–H groups in total. The Kier molecular flexibility index (Phi) is 1.26. The Morgan fingerprint density at radius 2 is 1.36 bits per heavy atom. The molecule has 0 unspecified atom stereocenters. The van der Waals surface area contributed by atoms with Gasteiger partial charge in [-0.25, -0.2) is 0 Å². The molecule has 1 aromatic carbocycles. The van der Waals surface area contributed by atoms with Crippen LogP contribution in [0.2, 0.25) is 0 Å². The summed E-state index contributed by atoms with van der Waals surface area (Å²) in [5.74, 6) is 0. The molecule has 2 rings (SSSR count). The molecule has 1 aliphatic heterocycles. The van der Waals surface area contributed by atoms with Crippen LogP contribution in [0.5, 0.6) is 0 Å². The summed E-state index contributed by atoms with van der Waals surface area (Å²) in [6.07, 6.45) is 0. The van der Waals surface area contributed by atoms with Crippen molar-refractivity contribution in [1.82, 2.24) is 5.53 Å². The number of hydrogen-bond acceptors (Lipinski definition) is 3. The minimum Gasteiger partial charge on any atom is -0.302 e. The number of fused-ring (bicyclic) bond motifs is 1. The van der Waals surface area contributed by atoms with Crippen LogP contribution in [0.3, 0.4) is 0 Å². The summed E-state index contributed by atoms with van der Waals surface area (Å²) in [6, 6.07) is 4.25. The van der Waals surface area contributed by atoms with E-state index in [9.17, 15) is 0 Å². The predicted octanol–water partition coefficient (Wildman–Crippen LogP) is 1.56. The van der Waals surface area contributed by atoms with E-state index in [0.717, 1.165) is 11.4 Å². The van der Waals surface area contributed by atoms with Gasteiger partial charge in [-0.05, 0) is 37.1 Å². The van der Waals surface area contributed by atoms with E-state index in [1.54, 1.807) is 0 Å². The van der Waals surface area contributed by atoms with Crippen LogP contribution in [0.1, 0.15) is 11.1 Å². The molecule has 0 atom stereocenters. The highest BCUT2D eigenvalue weighted by Gasteiger charge is 2.08. The van der Waals surface area contributed by atoms with Gasteiger partial charge in [-0.15, -0.1) is 5.53 Å². The average Bonchev–Trinajstić information content (AvgIpc) is 2.36. The SMILES string of the molecule is Cc1cc2c(cc1C)NNN2. The first-order chi connectivity index (χ1) is 5.27. The zero-order chi connectivity index (χ0) is 7.84. The van der Waals surface area contributed by atoms with Gasteiger partial charge in [0.05, 0.1) is 11.4 Å². The number of aryl methyl sites for hydroxylation is 2. The standard InChI is InChI=1S/C8H11N3/c1-5-3-7-8(4-6(5)2)10-11-9-7/h3-4,9-11H,1-2H3. The van der Waals surface area contributed by atoms with Crippen molar-refractivity contribution in [2.45, 2.75) is 13.8 Å². The molecule has 0 aromatic heterocycles. The molecule has 0 bridgehead atoms. The molecule has 0 aliphatic carbocycles. The molecule has 1 heterocycles. The van der Waals surface area contributed by atoms with E-state index in [4.69, 9.17) is 0 Å². The molecular formula is C8H11N3. The van der Waals surface area contributed by atoms with Gasteiger partial charge >= 0.3 is 0 Å². The highest BCUT2D eigenvalue weighted by Crippen LogP contribution is 2.27. The van der Waals surface area contributed by atoms with Gasteiger partial charge in [-0.2, -0.15) is 0 Å². The summed E-state index contributed by atoms with van der Waals surface area (Å²) in [4.78, 5) is 0. The van der Waals surface area contributed by atoms with Crippen molar-refractivity contribution in [2.24, 2.45) is 0 Å². The van der Waals surface area contributed by atoms with E-state index >= 15 is 0 Å². The molecule has 0 radical (unpaired) electrons. The van der Waals surface area contributed by atoms with Crippen molar-refractivity contribution in [1.29, 1.82) is 0 Å². The van der Waals surface area contributed by atoms with Gasteiger partial charge in [-0.3, -0.25) is 0 Å². The Morgan fingerprint density at radius 3 is 1.82 bits per heavy atom. The number of nitrogens with one attached hydrogen (secondary N) is 3. The average molecular weight is 149 g/mol. The molecular weight excluding hydrogens is 138 g/mol. The predicted molar refractivity (Wildman–Crippen MR) is 46.3 cm³/mol. The molecule has 0 saturated carbocycles. The van der Waals surface area contributed by atoms with Gasteiger partial charge in [0, 0.05) is 0 Å². The molecule has 0 fully saturated rings. The van der Waals surface area contributed by atoms with Crippen LogP contribution in [-0.2, 0) is 0 Å². The lowest BCUT2D eigenvalue weighted by Gasteiger charge is -2.02. The Balaban J connectivity index is 2.57. The molecule has 0 spiro atoms. The second-order valence-corrected chi connectivity index (χ2v) is 2.86. The molecule has 0 saturated heterocycles. The highest BCUT2D eigenvalue weighted by molar-refractivity contribution is 5.73. The van der Waals surface area contributed by atoms with Crippen LogP contribution < -0.4 is 16.4 Å². The third-order valence-corrected chi connectivity index (χ3v) is 2.03. The molecule has 11 heavy (non-hydrogen) atoms. The zero-order valence-electron chi connectivity index (χ0n) is 6.65. The third kappa shape index (κ3) is 0.935. The van der Waals surface area contributed by atoms with Crippen molar-refractivity contribution in [3.63, 3.8) is 0 Å². The first kappa shape index (κ1) is 6.49. The van der Waals surface area contributed by atoms with Crippen LogP contribution in [0.4, 0.5) is 11.4 Å². The molecule has 3 nitrogen and oxygen atoms in total. The van der Waals surface area contributed by atoms with E-state index in [2.05, 4.69) is 42.4 Å². The first-order valence-corrected chi connectivity index (χ1v) is 3.65. The number of hydrazine groups is 2. The van der Waals surface area contributed by atoms with E-state index in [1.807, 2.05) is 0 Å². The second kappa shape index (κ2) is 2.13. The normalized spacial score (nSPS) is 13.6. The lowest BCUT2D eigenvalue weighted by molar-refractivity contribution is 1.01. The highest BCUT2D eigenvalue weighted by atomic mass is 15.6. The Morgan fingerprint density at radius 1 is 0.909 bits per heavy atom. The number of rotatable bonds is 0. The van der Waals surface area contributed by atoms with Crippen LogP contribution in [0, 0.1) is 13.8 Å². The summed E-state index contributed by atoms with van der Waals surface area (Å²) in [7, 11) is 0. The van der Waals surface area contributed by atoms with E-state index in [0.29, 0.717) is 0 Å². The molecule has 58 valence electrons. The van der Waals surface area contributed by atoms with Crippen molar-refractivity contribution in [2.75, 3.05) is 10.9 Å². The fourth-order valence-electron chi connectivity index (χ4n) is 1.19. The second-order valence-electron chi connectivity index (χ2n) is 2.86. The smallest absolute Gasteiger partial charge is 0.0753 e.